The summed E-state index contributed by atoms with van der Waals surface area (Å²) in [4.78, 5) is 12.7. The summed E-state index contributed by atoms with van der Waals surface area (Å²) >= 11 is 1.64. The minimum Gasteiger partial charge on any atom is -0.298 e. The summed E-state index contributed by atoms with van der Waals surface area (Å²) in [6.07, 6.45) is 0. The Balaban J connectivity index is 2.62. The molecule has 0 N–H and O–H groups in total. The molecule has 0 spiro atoms. The summed E-state index contributed by atoms with van der Waals surface area (Å²) in [5.41, 5.74) is 2.53. The first kappa shape index (κ1) is 12.3. The molecule has 2 heteroatoms. The molecule has 15 heavy (non-hydrogen) atoms. The number of carbonyl (C=O) groups is 1. The molecule has 0 unspecified atom stereocenters. The van der Waals surface area contributed by atoms with Crippen LogP contribution >= 0.6 is 11.8 Å². The van der Waals surface area contributed by atoms with E-state index in [-0.39, 0.29) is 5.92 Å². The molecule has 0 saturated heterocycles. The van der Waals surface area contributed by atoms with Crippen molar-refractivity contribution in [2.24, 2.45) is 5.92 Å². The Morgan fingerprint density at radius 1 is 1.33 bits per heavy atom. The van der Waals surface area contributed by atoms with Gasteiger partial charge in [-0.25, -0.2) is 0 Å². The van der Waals surface area contributed by atoms with Crippen molar-refractivity contribution in [1.29, 1.82) is 0 Å². The molecule has 0 fully saturated rings. The lowest BCUT2D eigenvalue weighted by atomic mass is 10.1. The van der Waals surface area contributed by atoms with Gasteiger partial charge in [-0.3, -0.25) is 4.79 Å². The first-order chi connectivity index (χ1) is 7.00. The minimum atomic E-state index is 0.142. The van der Waals surface area contributed by atoms with Gasteiger partial charge in [0.1, 0.15) is 5.78 Å². The zero-order chi connectivity index (χ0) is 11.4. The predicted octanol–water partition coefficient (Wildman–Crippen LogP) is 3.62. The number of Topliss-reactive ketones (excluding diaryl/α,β-unsaturated/α-hetero) is 1. The van der Waals surface area contributed by atoms with Gasteiger partial charge in [0.25, 0.3) is 0 Å². The highest BCUT2D eigenvalue weighted by atomic mass is 32.2. The van der Waals surface area contributed by atoms with E-state index in [1.165, 1.54) is 16.0 Å². The maximum Gasteiger partial charge on any atom is 0.145 e. The second-order valence-corrected chi connectivity index (χ2v) is 5.20. The third-order valence-corrected chi connectivity index (χ3v) is 3.54. The van der Waals surface area contributed by atoms with E-state index in [4.69, 9.17) is 0 Å². The molecule has 0 aliphatic rings. The van der Waals surface area contributed by atoms with Crippen molar-refractivity contribution in [3.05, 3.63) is 29.3 Å². The molecule has 0 bridgehead atoms. The van der Waals surface area contributed by atoms with Gasteiger partial charge in [0, 0.05) is 10.8 Å². The molecule has 0 amide bonds. The molecule has 0 aliphatic carbocycles. The SMILES string of the molecule is Cc1ccc(SCC(=O)C(C)C)c(C)c1. The van der Waals surface area contributed by atoms with Gasteiger partial charge in [0.15, 0.2) is 0 Å². The van der Waals surface area contributed by atoms with E-state index in [1.54, 1.807) is 11.8 Å². The second-order valence-electron chi connectivity index (χ2n) is 4.18. The third-order valence-electron chi connectivity index (χ3n) is 2.34. The van der Waals surface area contributed by atoms with Gasteiger partial charge < -0.3 is 0 Å². The predicted molar refractivity (Wildman–Crippen MR) is 66.5 cm³/mol. The highest BCUT2D eigenvalue weighted by Crippen LogP contribution is 2.23. The van der Waals surface area contributed by atoms with E-state index in [2.05, 4.69) is 32.0 Å². The van der Waals surface area contributed by atoms with Gasteiger partial charge >= 0.3 is 0 Å². The first-order valence-corrected chi connectivity index (χ1v) is 6.22. The fourth-order valence-corrected chi connectivity index (χ4v) is 2.36. The van der Waals surface area contributed by atoms with Crippen LogP contribution in [-0.4, -0.2) is 11.5 Å². The zero-order valence-corrected chi connectivity index (χ0v) is 10.6. The van der Waals surface area contributed by atoms with Crippen LogP contribution in [0.2, 0.25) is 0 Å². The van der Waals surface area contributed by atoms with Gasteiger partial charge in [-0.15, -0.1) is 11.8 Å². The van der Waals surface area contributed by atoms with Crippen molar-refractivity contribution in [3.8, 4) is 0 Å². The van der Waals surface area contributed by atoms with Crippen LogP contribution in [0.5, 0.6) is 0 Å². The molecule has 82 valence electrons. The second kappa shape index (κ2) is 5.36. The standard InChI is InChI=1S/C13H18OS/c1-9(2)12(14)8-15-13-6-5-10(3)7-11(13)4/h5-7,9H,8H2,1-4H3. The van der Waals surface area contributed by atoms with Crippen LogP contribution in [0.1, 0.15) is 25.0 Å². The molecular weight excluding hydrogens is 204 g/mol. The lowest BCUT2D eigenvalue weighted by molar-refractivity contribution is -0.119. The van der Waals surface area contributed by atoms with E-state index in [0.717, 1.165) is 0 Å². The molecule has 0 saturated carbocycles. The van der Waals surface area contributed by atoms with Crippen molar-refractivity contribution in [3.63, 3.8) is 0 Å². The van der Waals surface area contributed by atoms with Gasteiger partial charge in [0.05, 0.1) is 5.75 Å². The molecule has 0 radical (unpaired) electrons. The monoisotopic (exact) mass is 222 g/mol. The topological polar surface area (TPSA) is 17.1 Å². The molecule has 0 aliphatic heterocycles. The van der Waals surface area contributed by atoms with Crippen LogP contribution in [0, 0.1) is 19.8 Å². The smallest absolute Gasteiger partial charge is 0.145 e. The van der Waals surface area contributed by atoms with Crippen molar-refractivity contribution in [1.82, 2.24) is 0 Å². The van der Waals surface area contributed by atoms with E-state index in [0.29, 0.717) is 11.5 Å². The van der Waals surface area contributed by atoms with Crippen LogP contribution in [0.4, 0.5) is 0 Å². The average Bonchev–Trinajstić information content (AvgIpc) is 2.15. The molecule has 0 aromatic heterocycles. The Kier molecular flexibility index (Phi) is 4.40. The summed E-state index contributed by atoms with van der Waals surface area (Å²) in [6.45, 7) is 8.08. The number of rotatable bonds is 4. The van der Waals surface area contributed by atoms with E-state index in [9.17, 15) is 4.79 Å². The molecule has 1 aromatic carbocycles. The van der Waals surface area contributed by atoms with Crippen LogP contribution in [0.3, 0.4) is 0 Å². The third kappa shape index (κ3) is 3.71. The number of thioether (sulfide) groups is 1. The minimum absolute atomic E-state index is 0.142. The molecule has 1 aromatic rings. The zero-order valence-electron chi connectivity index (χ0n) is 9.83. The largest absolute Gasteiger partial charge is 0.298 e. The molecule has 0 heterocycles. The maximum absolute atomic E-state index is 11.5. The van der Waals surface area contributed by atoms with Crippen molar-refractivity contribution >= 4 is 17.5 Å². The number of ketones is 1. The fraction of sp³-hybridized carbons (Fsp3) is 0.462. The quantitative estimate of drug-likeness (QED) is 0.724. The summed E-state index contributed by atoms with van der Waals surface area (Å²) in [5.74, 6) is 1.05. The van der Waals surface area contributed by atoms with Crippen molar-refractivity contribution in [2.75, 3.05) is 5.75 Å². The van der Waals surface area contributed by atoms with Crippen molar-refractivity contribution in [2.45, 2.75) is 32.6 Å². The summed E-state index contributed by atoms with van der Waals surface area (Å²) < 4.78 is 0. The fourth-order valence-electron chi connectivity index (χ4n) is 1.28. The van der Waals surface area contributed by atoms with Crippen LogP contribution < -0.4 is 0 Å². The first-order valence-electron chi connectivity index (χ1n) is 5.23. The highest BCUT2D eigenvalue weighted by molar-refractivity contribution is 8.00. The van der Waals surface area contributed by atoms with E-state index in [1.807, 2.05) is 13.8 Å². The maximum atomic E-state index is 11.5. The summed E-state index contributed by atoms with van der Waals surface area (Å²) in [6, 6.07) is 6.35. The van der Waals surface area contributed by atoms with E-state index < -0.39 is 0 Å². The number of hydrogen-bond acceptors (Lipinski definition) is 2. The number of benzene rings is 1. The van der Waals surface area contributed by atoms with Gasteiger partial charge in [-0.1, -0.05) is 31.5 Å². The summed E-state index contributed by atoms with van der Waals surface area (Å²) in [7, 11) is 0. The average molecular weight is 222 g/mol. The van der Waals surface area contributed by atoms with E-state index >= 15 is 0 Å². The van der Waals surface area contributed by atoms with Gasteiger partial charge in [0.2, 0.25) is 0 Å². The highest BCUT2D eigenvalue weighted by Gasteiger charge is 2.08. The number of hydrogen-bond donors (Lipinski definition) is 0. The summed E-state index contributed by atoms with van der Waals surface area (Å²) in [5, 5.41) is 0. The number of aryl methyl sites for hydroxylation is 2. The van der Waals surface area contributed by atoms with Gasteiger partial charge in [-0.2, -0.15) is 0 Å². The Hall–Kier alpha value is -0.760. The Morgan fingerprint density at radius 2 is 2.00 bits per heavy atom. The van der Waals surface area contributed by atoms with Crippen molar-refractivity contribution < 1.29 is 4.79 Å². The lowest BCUT2D eigenvalue weighted by Crippen LogP contribution is -2.09. The Morgan fingerprint density at radius 3 is 2.53 bits per heavy atom. The molecular formula is C13H18OS. The lowest BCUT2D eigenvalue weighted by Gasteiger charge is -2.07. The van der Waals surface area contributed by atoms with Crippen LogP contribution in [0.15, 0.2) is 23.1 Å². The van der Waals surface area contributed by atoms with Crippen LogP contribution in [-0.2, 0) is 4.79 Å². The Bertz CT molecular complexity index is 356. The van der Waals surface area contributed by atoms with Crippen LogP contribution in [0.25, 0.3) is 0 Å². The molecule has 0 atom stereocenters. The normalized spacial score (nSPS) is 10.7. The number of carbonyl (C=O) groups excluding carboxylic acids is 1. The molecule has 1 rings (SSSR count). The molecule has 1 nitrogen and oxygen atoms in total. The Labute approximate surface area is 96.3 Å². The van der Waals surface area contributed by atoms with Gasteiger partial charge in [-0.05, 0) is 25.5 Å².